The first-order valence-corrected chi connectivity index (χ1v) is 19.7. The lowest BCUT2D eigenvalue weighted by Gasteiger charge is -2.32. The van der Waals surface area contributed by atoms with Crippen molar-refractivity contribution in [1.29, 1.82) is 0 Å². The molecule has 266 valence electrons. The summed E-state index contributed by atoms with van der Waals surface area (Å²) in [6, 6.07) is 77.4. The van der Waals surface area contributed by atoms with E-state index in [1.807, 2.05) is 0 Å². The third-order valence-corrected chi connectivity index (χ3v) is 12.3. The van der Waals surface area contributed by atoms with Crippen LogP contribution in [0.3, 0.4) is 0 Å². The van der Waals surface area contributed by atoms with Crippen LogP contribution in [0.15, 0.2) is 217 Å². The number of rotatable bonds is 5. The minimum absolute atomic E-state index is 0.532. The average molecular weight is 726 g/mol. The molecule has 0 bridgehead atoms. The molecule has 2 nitrogen and oxygen atoms in total. The molecule has 2 aliphatic rings. The predicted molar refractivity (Wildman–Crippen MR) is 236 cm³/mol. The topological polar surface area (TPSA) is 16.4 Å². The first-order chi connectivity index (χ1) is 28.3. The van der Waals surface area contributed by atoms with Gasteiger partial charge in [0.05, 0.1) is 11.1 Å². The van der Waals surface area contributed by atoms with E-state index in [1.165, 1.54) is 66.8 Å². The minimum Gasteiger partial charge on any atom is -0.455 e. The fourth-order valence-electron chi connectivity index (χ4n) is 9.93. The van der Waals surface area contributed by atoms with E-state index >= 15 is 0 Å². The van der Waals surface area contributed by atoms with Gasteiger partial charge in [-0.05, 0) is 92.0 Å². The standard InChI is InChI=1S/C55H35NO/c1-3-15-36(16-4-1)38-29-31-40(32-30-38)56(41-20-13-19-39(35-41)37-17-5-2-6-18-37)50-27-14-26-48-52(50)44-22-7-10-24-46(44)55(48)47-25-11-8-23-45(47)53-49(55)34-33-43-42-21-9-12-28-51(42)57-54(43)53/h1-35H. The Morgan fingerprint density at radius 2 is 0.912 bits per heavy atom. The molecule has 2 aliphatic carbocycles. The van der Waals surface area contributed by atoms with Gasteiger partial charge in [-0.25, -0.2) is 0 Å². The molecule has 0 aliphatic heterocycles. The monoisotopic (exact) mass is 725 g/mol. The summed E-state index contributed by atoms with van der Waals surface area (Å²) in [5.74, 6) is 0. The number of furan rings is 1. The molecule has 0 fully saturated rings. The van der Waals surface area contributed by atoms with Crippen molar-refractivity contribution in [3.63, 3.8) is 0 Å². The van der Waals surface area contributed by atoms with Gasteiger partial charge >= 0.3 is 0 Å². The number of anilines is 3. The van der Waals surface area contributed by atoms with Crippen molar-refractivity contribution in [3.8, 4) is 44.5 Å². The number of para-hydroxylation sites is 1. The summed E-state index contributed by atoms with van der Waals surface area (Å²) < 4.78 is 6.79. The molecular formula is C55H35NO. The fourth-order valence-corrected chi connectivity index (χ4v) is 9.93. The van der Waals surface area contributed by atoms with Crippen LogP contribution >= 0.6 is 0 Å². The van der Waals surface area contributed by atoms with Gasteiger partial charge in [-0.1, -0.05) is 176 Å². The molecule has 0 amide bonds. The third-order valence-electron chi connectivity index (χ3n) is 12.3. The van der Waals surface area contributed by atoms with Crippen LogP contribution in [0.4, 0.5) is 17.1 Å². The van der Waals surface area contributed by atoms with Crippen LogP contribution in [0.5, 0.6) is 0 Å². The number of benzene rings is 9. The van der Waals surface area contributed by atoms with Crippen LogP contribution in [-0.2, 0) is 5.41 Å². The molecule has 57 heavy (non-hydrogen) atoms. The summed E-state index contributed by atoms with van der Waals surface area (Å²) >= 11 is 0. The third kappa shape index (κ3) is 4.53. The zero-order valence-electron chi connectivity index (χ0n) is 31.1. The second-order valence-electron chi connectivity index (χ2n) is 15.2. The molecule has 1 spiro atoms. The van der Waals surface area contributed by atoms with Crippen LogP contribution in [-0.4, -0.2) is 0 Å². The van der Waals surface area contributed by atoms with Crippen LogP contribution in [0.1, 0.15) is 22.3 Å². The van der Waals surface area contributed by atoms with Crippen molar-refractivity contribution >= 4 is 39.0 Å². The molecule has 12 rings (SSSR count). The molecule has 2 heteroatoms. The van der Waals surface area contributed by atoms with Gasteiger partial charge in [0.1, 0.15) is 11.2 Å². The number of nitrogens with zero attached hydrogens (tertiary/aromatic N) is 1. The van der Waals surface area contributed by atoms with Gasteiger partial charge in [-0.2, -0.15) is 0 Å². The van der Waals surface area contributed by atoms with Gasteiger partial charge in [0.15, 0.2) is 0 Å². The first kappa shape index (κ1) is 31.9. The van der Waals surface area contributed by atoms with Gasteiger partial charge in [0.2, 0.25) is 0 Å². The van der Waals surface area contributed by atoms with Gasteiger partial charge in [-0.15, -0.1) is 0 Å². The summed E-state index contributed by atoms with van der Waals surface area (Å²) in [4.78, 5) is 2.46. The van der Waals surface area contributed by atoms with Crippen molar-refractivity contribution in [2.24, 2.45) is 0 Å². The van der Waals surface area contributed by atoms with E-state index in [1.54, 1.807) is 0 Å². The van der Waals surface area contributed by atoms with Gasteiger partial charge in [-0.3, -0.25) is 0 Å². The van der Waals surface area contributed by atoms with E-state index < -0.39 is 5.41 Å². The SMILES string of the molecule is c1ccc(-c2ccc(N(c3cccc(-c4ccccc4)c3)c3cccc4c3-c3ccccc3C43c4ccccc4-c4c3ccc3c4oc4ccccc43)cc2)cc1. The number of fused-ring (bicyclic) bond motifs is 14. The Bertz CT molecular complexity index is 3180. The van der Waals surface area contributed by atoms with Gasteiger partial charge in [0, 0.05) is 33.3 Å². The van der Waals surface area contributed by atoms with E-state index in [0.717, 1.165) is 39.0 Å². The maximum atomic E-state index is 6.79. The molecular weight excluding hydrogens is 691 g/mol. The van der Waals surface area contributed by atoms with Gasteiger partial charge in [0.25, 0.3) is 0 Å². The van der Waals surface area contributed by atoms with Crippen molar-refractivity contribution in [1.82, 2.24) is 0 Å². The highest BCUT2D eigenvalue weighted by atomic mass is 16.3. The van der Waals surface area contributed by atoms with Gasteiger partial charge < -0.3 is 9.32 Å². The Hall–Kier alpha value is -7.42. The Morgan fingerprint density at radius 1 is 0.351 bits per heavy atom. The van der Waals surface area contributed by atoms with E-state index in [4.69, 9.17) is 4.42 Å². The van der Waals surface area contributed by atoms with E-state index in [-0.39, 0.29) is 0 Å². The largest absolute Gasteiger partial charge is 0.455 e. The molecule has 0 saturated carbocycles. The molecule has 9 aromatic carbocycles. The van der Waals surface area contributed by atoms with Crippen molar-refractivity contribution in [3.05, 3.63) is 235 Å². The number of hydrogen-bond acceptors (Lipinski definition) is 2. The highest BCUT2D eigenvalue weighted by Gasteiger charge is 2.53. The minimum atomic E-state index is -0.532. The molecule has 0 radical (unpaired) electrons. The average Bonchev–Trinajstić information content (AvgIpc) is 3.92. The molecule has 1 unspecified atom stereocenters. The van der Waals surface area contributed by atoms with E-state index in [2.05, 4.69) is 217 Å². The highest BCUT2D eigenvalue weighted by Crippen LogP contribution is 2.65. The zero-order chi connectivity index (χ0) is 37.5. The van der Waals surface area contributed by atoms with Crippen LogP contribution in [0.25, 0.3) is 66.4 Å². The summed E-state index contributed by atoms with van der Waals surface area (Å²) in [6.45, 7) is 0. The fraction of sp³-hybridized carbons (Fsp3) is 0.0182. The number of hydrogen-bond donors (Lipinski definition) is 0. The molecule has 10 aromatic rings. The smallest absolute Gasteiger partial charge is 0.143 e. The predicted octanol–water partition coefficient (Wildman–Crippen LogP) is 14.7. The lowest BCUT2D eigenvalue weighted by Crippen LogP contribution is -2.26. The van der Waals surface area contributed by atoms with Crippen LogP contribution in [0, 0.1) is 0 Å². The molecule has 0 saturated heterocycles. The zero-order valence-corrected chi connectivity index (χ0v) is 31.1. The highest BCUT2D eigenvalue weighted by molar-refractivity contribution is 6.13. The summed E-state index contributed by atoms with van der Waals surface area (Å²) in [5.41, 5.74) is 19.5. The second-order valence-corrected chi connectivity index (χ2v) is 15.2. The van der Waals surface area contributed by atoms with E-state index in [9.17, 15) is 0 Å². The van der Waals surface area contributed by atoms with E-state index in [0.29, 0.717) is 0 Å². The maximum Gasteiger partial charge on any atom is 0.143 e. The van der Waals surface area contributed by atoms with Crippen LogP contribution < -0.4 is 4.90 Å². The Labute approximate surface area is 331 Å². The summed E-state index contributed by atoms with van der Waals surface area (Å²) in [7, 11) is 0. The Balaban J connectivity index is 1.14. The lowest BCUT2D eigenvalue weighted by atomic mass is 9.70. The molecule has 1 heterocycles. The molecule has 0 N–H and O–H groups in total. The quantitative estimate of drug-likeness (QED) is 0.176. The normalized spacial score (nSPS) is 14.7. The van der Waals surface area contributed by atoms with Crippen LogP contribution in [0.2, 0.25) is 0 Å². The van der Waals surface area contributed by atoms with Crippen molar-refractivity contribution in [2.45, 2.75) is 5.41 Å². The first-order valence-electron chi connectivity index (χ1n) is 19.7. The molecule has 1 aromatic heterocycles. The summed E-state index contributed by atoms with van der Waals surface area (Å²) in [5, 5.41) is 2.30. The molecule has 1 atom stereocenters. The Kier molecular flexibility index (Phi) is 6.88. The Morgan fingerprint density at radius 3 is 1.67 bits per heavy atom. The van der Waals surface area contributed by atoms with Crippen molar-refractivity contribution in [2.75, 3.05) is 4.90 Å². The van der Waals surface area contributed by atoms with Crippen molar-refractivity contribution < 1.29 is 4.42 Å². The summed E-state index contributed by atoms with van der Waals surface area (Å²) in [6.07, 6.45) is 0. The maximum absolute atomic E-state index is 6.79. The lowest BCUT2D eigenvalue weighted by molar-refractivity contribution is 0.669. The second kappa shape index (κ2) is 12.3.